The molecule has 1 amide bonds. The molecule has 0 radical (unpaired) electrons. The maximum atomic E-state index is 12.2. The summed E-state index contributed by atoms with van der Waals surface area (Å²) in [6.45, 7) is 0.687. The van der Waals surface area contributed by atoms with Crippen LogP contribution in [0.4, 0.5) is 11.5 Å². The summed E-state index contributed by atoms with van der Waals surface area (Å²) in [5, 5.41) is 14.7. The van der Waals surface area contributed by atoms with E-state index in [1.54, 1.807) is 43.5 Å². The number of anilines is 2. The molecule has 0 spiro atoms. The molecule has 0 unspecified atom stereocenters. The Bertz CT molecular complexity index is 899. The SMILES string of the molecule is COc1ccc(NC(=O)c2ccc(NCCc3cccc(Cl)c3)nn2)cc1. The van der Waals surface area contributed by atoms with Gasteiger partial charge in [0.15, 0.2) is 5.69 Å². The van der Waals surface area contributed by atoms with Crippen LogP contribution in [0, 0.1) is 0 Å². The van der Waals surface area contributed by atoms with Gasteiger partial charge in [0.2, 0.25) is 0 Å². The van der Waals surface area contributed by atoms with Gasteiger partial charge in [-0.05, 0) is 60.5 Å². The Kier molecular flexibility index (Phi) is 6.22. The molecule has 0 aliphatic carbocycles. The fraction of sp³-hybridized carbons (Fsp3) is 0.150. The van der Waals surface area contributed by atoms with Crippen molar-refractivity contribution in [3.05, 3.63) is 76.9 Å². The van der Waals surface area contributed by atoms with Crippen molar-refractivity contribution in [3.8, 4) is 5.75 Å². The van der Waals surface area contributed by atoms with Gasteiger partial charge in [-0.15, -0.1) is 10.2 Å². The second-order valence-corrected chi connectivity index (χ2v) is 6.23. The Morgan fingerprint density at radius 1 is 1.07 bits per heavy atom. The topological polar surface area (TPSA) is 76.1 Å². The van der Waals surface area contributed by atoms with Crippen LogP contribution < -0.4 is 15.4 Å². The average Bonchev–Trinajstić information content (AvgIpc) is 2.69. The number of rotatable bonds is 7. The lowest BCUT2D eigenvalue weighted by atomic mass is 10.1. The highest BCUT2D eigenvalue weighted by Gasteiger charge is 2.09. The predicted octanol–water partition coefficient (Wildman–Crippen LogP) is 4.05. The molecule has 1 aromatic heterocycles. The molecule has 0 aliphatic rings. The Hall–Kier alpha value is -3.12. The van der Waals surface area contributed by atoms with Gasteiger partial charge >= 0.3 is 0 Å². The van der Waals surface area contributed by atoms with Crippen molar-refractivity contribution in [2.75, 3.05) is 24.3 Å². The minimum Gasteiger partial charge on any atom is -0.497 e. The van der Waals surface area contributed by atoms with E-state index in [1.807, 2.05) is 24.3 Å². The lowest BCUT2D eigenvalue weighted by molar-refractivity contribution is 0.102. The van der Waals surface area contributed by atoms with Crippen LogP contribution in [0.5, 0.6) is 5.75 Å². The minimum absolute atomic E-state index is 0.242. The van der Waals surface area contributed by atoms with E-state index in [2.05, 4.69) is 20.8 Å². The van der Waals surface area contributed by atoms with Gasteiger partial charge in [-0.25, -0.2) is 0 Å². The third-order valence-corrected chi connectivity index (χ3v) is 4.09. The van der Waals surface area contributed by atoms with Gasteiger partial charge in [0, 0.05) is 17.3 Å². The number of nitrogens with one attached hydrogen (secondary N) is 2. The van der Waals surface area contributed by atoms with Crippen molar-refractivity contribution < 1.29 is 9.53 Å². The summed E-state index contributed by atoms with van der Waals surface area (Å²) in [4.78, 5) is 12.2. The van der Waals surface area contributed by atoms with Crippen LogP contribution in [0.15, 0.2) is 60.7 Å². The number of nitrogens with zero attached hydrogens (tertiary/aromatic N) is 2. The highest BCUT2D eigenvalue weighted by atomic mass is 35.5. The zero-order valence-corrected chi connectivity index (χ0v) is 15.5. The van der Waals surface area contributed by atoms with Crippen molar-refractivity contribution in [2.24, 2.45) is 0 Å². The molecular formula is C20H19ClN4O2. The minimum atomic E-state index is -0.321. The molecule has 3 aromatic rings. The van der Waals surface area contributed by atoms with Crippen molar-refractivity contribution in [1.29, 1.82) is 0 Å². The zero-order chi connectivity index (χ0) is 19.1. The quantitative estimate of drug-likeness (QED) is 0.644. The van der Waals surface area contributed by atoms with Crippen molar-refractivity contribution in [2.45, 2.75) is 6.42 Å². The number of methoxy groups -OCH3 is 1. The lowest BCUT2D eigenvalue weighted by Crippen LogP contribution is -2.15. The number of ether oxygens (including phenoxy) is 1. The van der Waals surface area contributed by atoms with Gasteiger partial charge in [0.05, 0.1) is 7.11 Å². The predicted molar refractivity (Wildman–Crippen MR) is 107 cm³/mol. The summed E-state index contributed by atoms with van der Waals surface area (Å²) in [6.07, 6.45) is 0.807. The molecule has 2 N–H and O–H groups in total. The number of hydrogen-bond donors (Lipinski definition) is 2. The standard InChI is InChI=1S/C20H19ClN4O2/c1-27-17-7-5-16(6-8-17)23-20(26)18-9-10-19(25-24-18)22-12-11-14-3-2-4-15(21)13-14/h2-10,13H,11-12H2,1H3,(H,22,25)(H,23,26). The summed E-state index contributed by atoms with van der Waals surface area (Å²) in [5.41, 5.74) is 2.04. The zero-order valence-electron chi connectivity index (χ0n) is 14.8. The Balaban J connectivity index is 1.52. The fourth-order valence-corrected chi connectivity index (χ4v) is 2.66. The normalized spacial score (nSPS) is 10.3. The van der Waals surface area contributed by atoms with Crippen molar-refractivity contribution >= 4 is 29.0 Å². The molecule has 0 bridgehead atoms. The van der Waals surface area contributed by atoms with E-state index >= 15 is 0 Å². The van der Waals surface area contributed by atoms with Gasteiger partial charge in [-0.3, -0.25) is 4.79 Å². The van der Waals surface area contributed by atoms with E-state index in [0.29, 0.717) is 18.1 Å². The van der Waals surface area contributed by atoms with Gasteiger partial charge in [-0.1, -0.05) is 23.7 Å². The Morgan fingerprint density at radius 2 is 1.89 bits per heavy atom. The third-order valence-electron chi connectivity index (χ3n) is 3.85. The number of aromatic nitrogens is 2. The largest absolute Gasteiger partial charge is 0.497 e. The molecule has 0 atom stereocenters. The monoisotopic (exact) mass is 382 g/mol. The number of hydrogen-bond acceptors (Lipinski definition) is 5. The maximum Gasteiger partial charge on any atom is 0.276 e. The first kappa shape index (κ1) is 18.7. The maximum absolute atomic E-state index is 12.2. The van der Waals surface area contributed by atoms with Crippen LogP contribution in [0.1, 0.15) is 16.1 Å². The highest BCUT2D eigenvalue weighted by molar-refractivity contribution is 6.30. The van der Waals surface area contributed by atoms with Gasteiger partial charge < -0.3 is 15.4 Å². The number of halogens is 1. The van der Waals surface area contributed by atoms with Crippen molar-refractivity contribution in [1.82, 2.24) is 10.2 Å². The molecular weight excluding hydrogens is 364 g/mol. The summed E-state index contributed by atoms with van der Waals surface area (Å²) in [6, 6.07) is 18.1. The Labute approximate surface area is 162 Å². The number of carbonyl (C=O) groups excluding carboxylic acids is 1. The second kappa shape index (κ2) is 9.00. The molecule has 0 saturated carbocycles. The number of amides is 1. The van der Waals surface area contributed by atoms with E-state index in [9.17, 15) is 4.79 Å². The Morgan fingerprint density at radius 3 is 2.56 bits per heavy atom. The first-order chi connectivity index (χ1) is 13.1. The lowest BCUT2D eigenvalue weighted by Gasteiger charge is -2.07. The van der Waals surface area contributed by atoms with Crippen LogP contribution in [0.3, 0.4) is 0 Å². The van der Waals surface area contributed by atoms with Crippen LogP contribution in [0.2, 0.25) is 5.02 Å². The molecule has 0 saturated heterocycles. The van der Waals surface area contributed by atoms with E-state index in [0.717, 1.165) is 22.8 Å². The molecule has 27 heavy (non-hydrogen) atoms. The number of carbonyl (C=O) groups is 1. The smallest absolute Gasteiger partial charge is 0.276 e. The van der Waals surface area contributed by atoms with Crippen LogP contribution in [0.25, 0.3) is 0 Å². The first-order valence-electron chi connectivity index (χ1n) is 8.41. The van der Waals surface area contributed by atoms with Crippen LogP contribution in [-0.4, -0.2) is 29.8 Å². The molecule has 2 aromatic carbocycles. The molecule has 6 nitrogen and oxygen atoms in total. The van der Waals surface area contributed by atoms with E-state index < -0.39 is 0 Å². The molecule has 3 rings (SSSR count). The summed E-state index contributed by atoms with van der Waals surface area (Å²) >= 11 is 5.97. The molecule has 0 aliphatic heterocycles. The van der Waals surface area contributed by atoms with Crippen LogP contribution >= 0.6 is 11.6 Å². The third kappa shape index (κ3) is 5.43. The summed E-state index contributed by atoms with van der Waals surface area (Å²) in [5.74, 6) is 1.01. The summed E-state index contributed by atoms with van der Waals surface area (Å²) in [7, 11) is 1.59. The molecule has 0 fully saturated rings. The van der Waals surface area contributed by atoms with E-state index in [4.69, 9.17) is 16.3 Å². The highest BCUT2D eigenvalue weighted by Crippen LogP contribution is 2.16. The first-order valence-corrected chi connectivity index (χ1v) is 8.79. The van der Waals surface area contributed by atoms with Gasteiger partial charge in [-0.2, -0.15) is 0 Å². The molecule has 7 heteroatoms. The second-order valence-electron chi connectivity index (χ2n) is 5.79. The molecule has 1 heterocycles. The van der Waals surface area contributed by atoms with Crippen LogP contribution in [-0.2, 0) is 6.42 Å². The number of benzene rings is 2. The van der Waals surface area contributed by atoms with E-state index in [-0.39, 0.29) is 11.6 Å². The van der Waals surface area contributed by atoms with E-state index in [1.165, 1.54) is 0 Å². The summed E-state index contributed by atoms with van der Waals surface area (Å²) < 4.78 is 5.09. The van der Waals surface area contributed by atoms with Gasteiger partial charge in [0.25, 0.3) is 5.91 Å². The molecule has 138 valence electrons. The van der Waals surface area contributed by atoms with Gasteiger partial charge in [0.1, 0.15) is 11.6 Å². The fourth-order valence-electron chi connectivity index (χ4n) is 2.44. The van der Waals surface area contributed by atoms with Crippen molar-refractivity contribution in [3.63, 3.8) is 0 Å². The average molecular weight is 383 g/mol.